The molecule has 0 spiro atoms. The molecule has 0 amide bonds. The molecule has 0 unspecified atom stereocenters. The van der Waals surface area contributed by atoms with Gasteiger partial charge in [-0.25, -0.2) is 0 Å². The van der Waals surface area contributed by atoms with Crippen molar-refractivity contribution in [2.24, 2.45) is 0 Å². The summed E-state index contributed by atoms with van der Waals surface area (Å²) in [6.45, 7) is 6.03. The minimum absolute atomic E-state index is 0.284. The van der Waals surface area contributed by atoms with E-state index in [4.69, 9.17) is 0 Å². The lowest BCUT2D eigenvalue weighted by Gasteiger charge is -2.06. The predicted molar refractivity (Wildman–Crippen MR) is 133 cm³/mol. The van der Waals surface area contributed by atoms with Gasteiger partial charge in [-0.2, -0.15) is 0 Å². The van der Waals surface area contributed by atoms with E-state index in [9.17, 15) is 10.2 Å². The van der Waals surface area contributed by atoms with E-state index >= 15 is 0 Å². The first-order valence-electron chi connectivity index (χ1n) is 11.1. The molecule has 158 valence electrons. The Hall–Kier alpha value is -3.92. The Morgan fingerprint density at radius 3 is 1.22 bits per heavy atom. The quantitative estimate of drug-likeness (QED) is 0.323. The fourth-order valence-corrected chi connectivity index (χ4v) is 5.22. The number of fused-ring (bicyclic) bond motifs is 6. The van der Waals surface area contributed by atoms with E-state index in [1.54, 1.807) is 12.1 Å². The normalized spacial score (nSPS) is 11.9. The molecular formula is C28H24N2O2. The number of phenols is 2. The van der Waals surface area contributed by atoms with E-state index in [1.807, 2.05) is 24.3 Å². The van der Waals surface area contributed by atoms with Gasteiger partial charge in [0, 0.05) is 56.7 Å². The van der Waals surface area contributed by atoms with Crippen molar-refractivity contribution in [3.05, 3.63) is 72.8 Å². The molecule has 0 aliphatic rings. The zero-order valence-electron chi connectivity index (χ0n) is 18.1. The molecule has 0 fully saturated rings. The van der Waals surface area contributed by atoms with Gasteiger partial charge in [-0.3, -0.25) is 0 Å². The number of phenolic OH excluding ortho intramolecular Hbond substituents is 2. The third-order valence-electron chi connectivity index (χ3n) is 6.66. The number of aryl methyl sites for hydroxylation is 2. The smallest absolute Gasteiger partial charge is 0.116 e. The maximum absolute atomic E-state index is 10.1. The Balaban J connectivity index is 1.62. The SMILES string of the molecule is CCn1c2ccc(O)cc2c2cc(-c3ccc4c(c3)c3cc(O)ccc3n4CC)ccc21. The van der Waals surface area contributed by atoms with Gasteiger partial charge in [0.2, 0.25) is 0 Å². The van der Waals surface area contributed by atoms with E-state index < -0.39 is 0 Å². The number of nitrogens with zero attached hydrogens (tertiary/aromatic N) is 2. The minimum atomic E-state index is 0.284. The van der Waals surface area contributed by atoms with Gasteiger partial charge in [0.05, 0.1) is 0 Å². The van der Waals surface area contributed by atoms with Crippen molar-refractivity contribution in [3.63, 3.8) is 0 Å². The van der Waals surface area contributed by atoms with Gasteiger partial charge in [-0.15, -0.1) is 0 Å². The van der Waals surface area contributed by atoms with E-state index in [-0.39, 0.29) is 11.5 Å². The highest BCUT2D eigenvalue weighted by molar-refractivity contribution is 6.12. The molecule has 4 heteroatoms. The summed E-state index contributed by atoms with van der Waals surface area (Å²) in [5.41, 5.74) is 6.88. The van der Waals surface area contributed by atoms with E-state index in [0.717, 1.165) is 56.8 Å². The number of aromatic nitrogens is 2. The molecular weight excluding hydrogens is 396 g/mol. The Morgan fingerprint density at radius 1 is 0.500 bits per heavy atom. The van der Waals surface area contributed by atoms with Gasteiger partial charge < -0.3 is 19.3 Å². The average Bonchev–Trinajstić information content (AvgIpc) is 3.29. The van der Waals surface area contributed by atoms with Crippen molar-refractivity contribution in [2.75, 3.05) is 0 Å². The molecule has 0 aliphatic carbocycles. The van der Waals surface area contributed by atoms with E-state index in [2.05, 4.69) is 59.4 Å². The third-order valence-corrected chi connectivity index (χ3v) is 6.66. The topological polar surface area (TPSA) is 50.3 Å². The van der Waals surface area contributed by atoms with Gasteiger partial charge in [0.15, 0.2) is 0 Å². The summed E-state index contributed by atoms with van der Waals surface area (Å²) in [4.78, 5) is 0. The lowest BCUT2D eigenvalue weighted by atomic mass is 10.0. The third kappa shape index (κ3) is 2.56. The molecule has 0 bridgehead atoms. The van der Waals surface area contributed by atoms with Crippen molar-refractivity contribution in [2.45, 2.75) is 26.9 Å². The van der Waals surface area contributed by atoms with E-state index in [0.29, 0.717) is 0 Å². The summed E-state index contributed by atoms with van der Waals surface area (Å²) in [5, 5.41) is 24.6. The highest BCUT2D eigenvalue weighted by atomic mass is 16.3. The summed E-state index contributed by atoms with van der Waals surface area (Å²) < 4.78 is 4.57. The standard InChI is InChI=1S/C28H24N2O2/c1-3-29-25-9-5-17(13-21(25)23-15-19(31)7-11-27(23)29)18-6-10-26-22(14-18)24-16-20(32)8-12-28(24)30(26)4-2/h5-16,31-32H,3-4H2,1-2H3. The first kappa shape index (κ1) is 18.8. The van der Waals surface area contributed by atoms with Crippen molar-refractivity contribution >= 4 is 43.6 Å². The van der Waals surface area contributed by atoms with Crippen molar-refractivity contribution in [1.29, 1.82) is 0 Å². The summed E-state index contributed by atoms with van der Waals surface area (Å²) >= 11 is 0. The van der Waals surface area contributed by atoms with Crippen LogP contribution in [0.15, 0.2) is 72.8 Å². The van der Waals surface area contributed by atoms with Crippen LogP contribution in [0.5, 0.6) is 11.5 Å². The molecule has 6 rings (SSSR count). The summed E-state index contributed by atoms with van der Waals surface area (Å²) in [6.07, 6.45) is 0. The fraction of sp³-hybridized carbons (Fsp3) is 0.143. The lowest BCUT2D eigenvalue weighted by molar-refractivity contribution is 0.475. The summed E-state index contributed by atoms with van der Waals surface area (Å²) in [7, 11) is 0. The predicted octanol–water partition coefficient (Wildman–Crippen LogP) is 7.02. The molecule has 0 saturated carbocycles. The molecule has 2 aromatic heterocycles. The molecule has 4 nitrogen and oxygen atoms in total. The highest BCUT2D eigenvalue weighted by Crippen LogP contribution is 2.37. The number of hydrogen-bond donors (Lipinski definition) is 2. The maximum Gasteiger partial charge on any atom is 0.116 e. The first-order valence-corrected chi connectivity index (χ1v) is 11.1. The van der Waals surface area contributed by atoms with Gasteiger partial charge >= 0.3 is 0 Å². The van der Waals surface area contributed by atoms with Gasteiger partial charge in [0.1, 0.15) is 11.5 Å². The van der Waals surface area contributed by atoms with Crippen LogP contribution in [-0.2, 0) is 13.1 Å². The maximum atomic E-state index is 10.1. The lowest BCUT2D eigenvalue weighted by Crippen LogP contribution is -1.93. The van der Waals surface area contributed by atoms with Crippen LogP contribution in [0, 0.1) is 0 Å². The van der Waals surface area contributed by atoms with Gasteiger partial charge in [-0.05, 0) is 85.6 Å². The monoisotopic (exact) mass is 420 g/mol. The summed E-state index contributed by atoms with van der Waals surface area (Å²) in [5.74, 6) is 0.568. The Kier molecular flexibility index (Phi) is 3.99. The second-order valence-electron chi connectivity index (χ2n) is 8.36. The van der Waals surface area contributed by atoms with Crippen LogP contribution in [0.25, 0.3) is 54.7 Å². The first-order chi connectivity index (χ1) is 15.6. The van der Waals surface area contributed by atoms with Crippen molar-refractivity contribution in [3.8, 4) is 22.6 Å². The van der Waals surface area contributed by atoms with E-state index in [1.165, 1.54) is 11.0 Å². The molecule has 0 saturated heterocycles. The van der Waals surface area contributed by atoms with Gasteiger partial charge in [0.25, 0.3) is 0 Å². The number of rotatable bonds is 3. The van der Waals surface area contributed by atoms with Crippen LogP contribution in [-0.4, -0.2) is 19.3 Å². The van der Waals surface area contributed by atoms with Crippen LogP contribution in [0.2, 0.25) is 0 Å². The molecule has 2 heterocycles. The highest BCUT2D eigenvalue weighted by Gasteiger charge is 2.14. The molecule has 6 aromatic rings. The molecule has 4 aromatic carbocycles. The second-order valence-corrected chi connectivity index (χ2v) is 8.36. The molecule has 0 aliphatic heterocycles. The second kappa shape index (κ2) is 6.79. The van der Waals surface area contributed by atoms with Gasteiger partial charge in [-0.1, -0.05) is 12.1 Å². The van der Waals surface area contributed by atoms with Crippen LogP contribution in [0.1, 0.15) is 13.8 Å². The zero-order valence-corrected chi connectivity index (χ0v) is 18.1. The summed E-state index contributed by atoms with van der Waals surface area (Å²) in [6, 6.07) is 24.3. The van der Waals surface area contributed by atoms with Crippen LogP contribution >= 0.6 is 0 Å². The minimum Gasteiger partial charge on any atom is -0.508 e. The number of benzene rings is 4. The van der Waals surface area contributed by atoms with Crippen LogP contribution in [0.3, 0.4) is 0 Å². The van der Waals surface area contributed by atoms with Crippen molar-refractivity contribution < 1.29 is 10.2 Å². The molecule has 32 heavy (non-hydrogen) atoms. The van der Waals surface area contributed by atoms with Crippen molar-refractivity contribution in [1.82, 2.24) is 9.13 Å². The molecule has 0 radical (unpaired) electrons. The Labute approximate surface area is 185 Å². The van der Waals surface area contributed by atoms with Crippen LogP contribution in [0.4, 0.5) is 0 Å². The number of hydrogen-bond acceptors (Lipinski definition) is 2. The Morgan fingerprint density at radius 2 is 0.844 bits per heavy atom. The largest absolute Gasteiger partial charge is 0.508 e. The molecule has 0 atom stereocenters. The fourth-order valence-electron chi connectivity index (χ4n) is 5.22. The molecule has 2 N–H and O–H groups in total. The Bertz CT molecular complexity index is 1540. The average molecular weight is 421 g/mol. The number of aromatic hydroxyl groups is 2. The van der Waals surface area contributed by atoms with Crippen LogP contribution < -0.4 is 0 Å². The zero-order chi connectivity index (χ0) is 22.0.